The normalized spacial score (nSPS) is 20.4. The minimum absolute atomic E-state index is 0.0678. The van der Waals surface area contributed by atoms with Crippen molar-refractivity contribution in [1.82, 2.24) is 24.1 Å². The van der Waals surface area contributed by atoms with Gasteiger partial charge in [-0.3, -0.25) is 9.78 Å². The zero-order valence-electron chi connectivity index (χ0n) is 17.4. The zero-order valence-corrected chi connectivity index (χ0v) is 19.1. The number of amides is 1. The highest BCUT2D eigenvalue weighted by Crippen LogP contribution is 2.37. The summed E-state index contributed by atoms with van der Waals surface area (Å²) in [5, 5.41) is 4.34. The summed E-state index contributed by atoms with van der Waals surface area (Å²) in [4.78, 5) is 24.1. The zero-order chi connectivity index (χ0) is 22.6. The Bertz CT molecular complexity index is 1450. The summed E-state index contributed by atoms with van der Waals surface area (Å²) < 4.78 is 33.7. The summed E-state index contributed by atoms with van der Waals surface area (Å²) in [6.07, 6.45) is 3.75. The summed E-state index contributed by atoms with van der Waals surface area (Å²) in [7, 11) is -3.84. The van der Waals surface area contributed by atoms with E-state index in [9.17, 15) is 13.2 Å². The third-order valence-corrected chi connectivity index (χ3v) is 8.60. The van der Waals surface area contributed by atoms with Crippen LogP contribution in [0, 0.1) is 0 Å². The Morgan fingerprint density at radius 3 is 2.82 bits per heavy atom. The van der Waals surface area contributed by atoms with E-state index in [1.54, 1.807) is 28.7 Å². The number of ether oxygens (including phenoxy) is 1. The number of rotatable bonds is 4. The largest absolute Gasteiger partial charge is 0.380 e. The minimum Gasteiger partial charge on any atom is -0.380 e. The van der Waals surface area contributed by atoms with E-state index < -0.39 is 15.4 Å². The lowest BCUT2D eigenvalue weighted by Gasteiger charge is -2.30. The summed E-state index contributed by atoms with van der Waals surface area (Å²) in [5.74, 6) is -0.0678. The Hall–Kier alpha value is -3.15. The molecule has 0 radical (unpaired) electrons. The number of nitrogens with zero attached hydrogens (tertiary/aromatic N) is 5. The molecule has 0 aliphatic carbocycles. The van der Waals surface area contributed by atoms with Crippen LogP contribution in [-0.2, 0) is 38.1 Å². The molecule has 0 bridgehead atoms. The first kappa shape index (κ1) is 20.5. The number of benzene rings is 1. The van der Waals surface area contributed by atoms with Crippen LogP contribution < -0.4 is 0 Å². The summed E-state index contributed by atoms with van der Waals surface area (Å²) in [6.45, 7) is 1.33. The number of pyridine rings is 1. The van der Waals surface area contributed by atoms with Crippen molar-refractivity contribution < 1.29 is 17.9 Å². The topological polar surface area (TPSA) is 107 Å². The maximum absolute atomic E-state index is 13.6. The fourth-order valence-corrected chi connectivity index (χ4v) is 6.48. The minimum atomic E-state index is -3.84. The van der Waals surface area contributed by atoms with Gasteiger partial charge in [0.1, 0.15) is 5.41 Å². The number of fused-ring (bicyclic) bond motifs is 2. The van der Waals surface area contributed by atoms with Gasteiger partial charge in [-0.05, 0) is 36.8 Å². The van der Waals surface area contributed by atoms with E-state index in [0.29, 0.717) is 31.0 Å². The van der Waals surface area contributed by atoms with Crippen molar-refractivity contribution in [2.24, 2.45) is 0 Å². The smallest absolute Gasteiger partial charge is 0.283 e. The molecule has 1 fully saturated rings. The van der Waals surface area contributed by atoms with E-state index in [4.69, 9.17) is 4.74 Å². The molecular formula is C22H19N5O4S2. The Balaban J connectivity index is 1.27. The van der Waals surface area contributed by atoms with E-state index in [-0.39, 0.29) is 24.0 Å². The summed E-state index contributed by atoms with van der Waals surface area (Å²) in [6, 6.07) is 10.4. The lowest BCUT2D eigenvalue weighted by Crippen LogP contribution is -2.46. The fraction of sp³-hybridized carbons (Fsp3) is 0.273. The van der Waals surface area contributed by atoms with Crippen LogP contribution in [0.4, 0.5) is 0 Å². The molecule has 6 rings (SSSR count). The number of carbonyl (C=O) groups is 1. The molecule has 33 heavy (non-hydrogen) atoms. The molecule has 0 spiro atoms. The third kappa shape index (κ3) is 3.18. The van der Waals surface area contributed by atoms with Gasteiger partial charge in [0, 0.05) is 31.1 Å². The fourth-order valence-electron chi connectivity index (χ4n) is 4.49. The van der Waals surface area contributed by atoms with Crippen LogP contribution in [0.5, 0.6) is 0 Å². The molecule has 0 saturated carbocycles. The van der Waals surface area contributed by atoms with Crippen molar-refractivity contribution in [2.45, 2.75) is 29.8 Å². The molecule has 4 aromatic rings. The van der Waals surface area contributed by atoms with Crippen LogP contribution in [0.25, 0.3) is 10.2 Å². The molecule has 0 unspecified atom stereocenters. The maximum Gasteiger partial charge on any atom is 0.283 e. The average molecular weight is 482 g/mol. The van der Waals surface area contributed by atoms with E-state index in [1.165, 1.54) is 23.6 Å². The van der Waals surface area contributed by atoms with Crippen LogP contribution in [0.2, 0.25) is 0 Å². The molecule has 3 aromatic heterocycles. The van der Waals surface area contributed by atoms with Crippen LogP contribution >= 0.6 is 11.3 Å². The second-order valence-electron chi connectivity index (χ2n) is 8.22. The Morgan fingerprint density at radius 1 is 1.15 bits per heavy atom. The first-order chi connectivity index (χ1) is 16.0. The predicted molar refractivity (Wildman–Crippen MR) is 120 cm³/mol. The van der Waals surface area contributed by atoms with Gasteiger partial charge in [-0.25, -0.2) is 4.98 Å². The van der Waals surface area contributed by atoms with Crippen LogP contribution in [0.15, 0.2) is 59.2 Å². The van der Waals surface area contributed by atoms with Gasteiger partial charge in [0.2, 0.25) is 5.91 Å². The Morgan fingerprint density at radius 2 is 2.06 bits per heavy atom. The quantitative estimate of drug-likeness (QED) is 0.440. The summed E-state index contributed by atoms with van der Waals surface area (Å²) >= 11 is 1.39. The molecule has 2 aliphatic rings. The van der Waals surface area contributed by atoms with Crippen molar-refractivity contribution in [3.63, 3.8) is 0 Å². The van der Waals surface area contributed by atoms with Crippen molar-refractivity contribution in [2.75, 3.05) is 13.2 Å². The second kappa shape index (κ2) is 7.44. The van der Waals surface area contributed by atoms with Crippen LogP contribution in [-0.4, -0.2) is 51.6 Å². The second-order valence-corrected chi connectivity index (χ2v) is 10.9. The van der Waals surface area contributed by atoms with Gasteiger partial charge in [-0.1, -0.05) is 6.07 Å². The molecule has 5 heterocycles. The molecule has 1 aromatic carbocycles. The van der Waals surface area contributed by atoms with E-state index in [0.717, 1.165) is 19.9 Å². The molecule has 1 atom stereocenters. The van der Waals surface area contributed by atoms with Gasteiger partial charge < -0.3 is 9.64 Å². The number of carbonyl (C=O) groups excluding carboxylic acids is 1. The lowest BCUT2D eigenvalue weighted by molar-refractivity contribution is -0.138. The first-order valence-electron chi connectivity index (χ1n) is 10.4. The Kier molecular flexibility index (Phi) is 4.61. The lowest BCUT2D eigenvalue weighted by atomic mass is 9.81. The number of hydrogen-bond acceptors (Lipinski definition) is 8. The number of hydrogen-bond donors (Lipinski definition) is 0. The van der Waals surface area contributed by atoms with Crippen molar-refractivity contribution in [3.05, 3.63) is 71.3 Å². The highest BCUT2D eigenvalue weighted by atomic mass is 32.2. The van der Waals surface area contributed by atoms with Crippen molar-refractivity contribution in [3.8, 4) is 0 Å². The summed E-state index contributed by atoms with van der Waals surface area (Å²) in [5.41, 5.74) is 3.62. The SMILES string of the molecule is O=C(N1Cc2cn(S(=O)(=O)c3ccc4ncsc4c3)nc2C1)[C@@]1(c2ccccn2)CCOC1. The Labute approximate surface area is 193 Å². The van der Waals surface area contributed by atoms with Crippen LogP contribution in [0.3, 0.4) is 0 Å². The number of thiazole rings is 1. The van der Waals surface area contributed by atoms with Crippen molar-refractivity contribution >= 4 is 37.5 Å². The maximum atomic E-state index is 13.6. The van der Waals surface area contributed by atoms with Gasteiger partial charge in [-0.15, -0.1) is 11.3 Å². The molecular weight excluding hydrogens is 462 g/mol. The number of aromatic nitrogens is 4. The van der Waals surface area contributed by atoms with E-state index >= 15 is 0 Å². The van der Waals surface area contributed by atoms with E-state index in [1.807, 2.05) is 18.2 Å². The molecule has 1 amide bonds. The van der Waals surface area contributed by atoms with Crippen LogP contribution in [0.1, 0.15) is 23.4 Å². The third-order valence-electron chi connectivity index (χ3n) is 6.28. The predicted octanol–water partition coefficient (Wildman–Crippen LogP) is 2.33. The molecule has 11 heteroatoms. The van der Waals surface area contributed by atoms with E-state index in [2.05, 4.69) is 15.1 Å². The van der Waals surface area contributed by atoms with Gasteiger partial charge in [-0.2, -0.15) is 17.6 Å². The first-order valence-corrected chi connectivity index (χ1v) is 12.7. The highest BCUT2D eigenvalue weighted by Gasteiger charge is 2.48. The molecule has 2 aliphatic heterocycles. The molecule has 0 N–H and O–H groups in total. The van der Waals surface area contributed by atoms with Gasteiger partial charge in [0.15, 0.2) is 0 Å². The van der Waals surface area contributed by atoms with Gasteiger partial charge in [0.05, 0.1) is 45.2 Å². The highest BCUT2D eigenvalue weighted by molar-refractivity contribution is 7.89. The molecule has 168 valence electrons. The standard InChI is InChI=1S/C22H19N5O4S2/c28-21(22(6-8-31-13-22)20-3-1-2-7-23-20)26-10-15-11-27(25-18(15)12-26)33(29,30)16-4-5-17-19(9-16)32-14-24-17/h1-5,7,9,11,14H,6,8,10,12-13H2/t22-/m0/s1. The molecule has 1 saturated heterocycles. The monoisotopic (exact) mass is 481 g/mol. The molecule has 9 nitrogen and oxygen atoms in total. The van der Waals surface area contributed by atoms with Gasteiger partial charge >= 0.3 is 0 Å². The van der Waals surface area contributed by atoms with Crippen molar-refractivity contribution in [1.29, 1.82) is 0 Å². The van der Waals surface area contributed by atoms with Gasteiger partial charge in [0.25, 0.3) is 10.0 Å². The average Bonchev–Trinajstić information content (AvgIpc) is 3.62.